The maximum absolute atomic E-state index is 11.8. The van der Waals surface area contributed by atoms with Gasteiger partial charge in [0.05, 0.1) is 5.25 Å². The minimum absolute atomic E-state index is 0. The number of halogens is 4. The van der Waals surface area contributed by atoms with E-state index in [9.17, 15) is 21.6 Å². The summed E-state index contributed by atoms with van der Waals surface area (Å²) in [7, 11) is -4.95. The monoisotopic (exact) mass is 239 g/mol. The molecule has 1 fully saturated rings. The molecule has 1 aliphatic rings. The van der Waals surface area contributed by atoms with Gasteiger partial charge < -0.3 is 5.73 Å². The first-order chi connectivity index (χ1) is 5.25. The van der Waals surface area contributed by atoms with E-state index in [0.717, 1.165) is 0 Å². The van der Waals surface area contributed by atoms with Crippen molar-refractivity contribution in [2.75, 3.05) is 0 Å². The van der Waals surface area contributed by atoms with E-state index >= 15 is 0 Å². The van der Waals surface area contributed by atoms with Crippen molar-refractivity contribution in [2.45, 2.75) is 29.6 Å². The molecule has 80 valence electrons. The lowest BCUT2D eigenvalue weighted by molar-refractivity contribution is -0.0453. The topological polar surface area (TPSA) is 60.2 Å². The van der Waals surface area contributed by atoms with Gasteiger partial charge in [0, 0.05) is 6.04 Å². The van der Waals surface area contributed by atoms with E-state index in [-0.39, 0.29) is 25.2 Å². The molecule has 1 aliphatic carbocycles. The van der Waals surface area contributed by atoms with Crippen LogP contribution in [0.3, 0.4) is 0 Å². The van der Waals surface area contributed by atoms with Crippen molar-refractivity contribution in [3.8, 4) is 0 Å². The summed E-state index contributed by atoms with van der Waals surface area (Å²) < 4.78 is 56.6. The number of hydrogen-bond acceptors (Lipinski definition) is 3. The molecule has 1 rings (SSSR count). The third-order valence-corrected chi connectivity index (χ3v) is 3.80. The van der Waals surface area contributed by atoms with Crippen LogP contribution in [-0.2, 0) is 9.84 Å². The predicted octanol–water partition coefficient (Wildman–Crippen LogP) is 0.833. The second-order valence-electron chi connectivity index (χ2n) is 2.84. The highest BCUT2D eigenvalue weighted by Crippen LogP contribution is 2.35. The van der Waals surface area contributed by atoms with Crippen LogP contribution in [0, 0.1) is 0 Å². The number of rotatable bonds is 1. The Balaban J connectivity index is 0.00000144. The fraction of sp³-hybridized carbons (Fsp3) is 1.00. The Morgan fingerprint density at radius 3 is 1.85 bits per heavy atom. The van der Waals surface area contributed by atoms with Crippen LogP contribution in [0.25, 0.3) is 0 Å². The summed E-state index contributed by atoms with van der Waals surface area (Å²) in [4.78, 5) is 0. The summed E-state index contributed by atoms with van der Waals surface area (Å²) in [6.07, 6.45) is -0.163. The molecule has 0 aromatic rings. The molecule has 0 spiro atoms. The first kappa shape index (κ1) is 13.0. The number of hydrogen-bond donors (Lipinski definition) is 1. The molecule has 1 saturated carbocycles. The first-order valence-corrected chi connectivity index (χ1v) is 4.85. The van der Waals surface area contributed by atoms with Crippen molar-refractivity contribution < 1.29 is 21.6 Å². The normalized spacial score (nSPS) is 28.9. The van der Waals surface area contributed by atoms with Gasteiger partial charge in [-0.05, 0) is 12.8 Å². The zero-order valence-electron chi connectivity index (χ0n) is 6.41. The summed E-state index contributed by atoms with van der Waals surface area (Å²) in [6.45, 7) is 0. The van der Waals surface area contributed by atoms with E-state index in [1.54, 1.807) is 0 Å². The molecule has 0 amide bonds. The summed E-state index contributed by atoms with van der Waals surface area (Å²) >= 11 is 0. The van der Waals surface area contributed by atoms with E-state index in [1.165, 1.54) is 0 Å². The third-order valence-electron chi connectivity index (χ3n) is 1.89. The minimum Gasteiger partial charge on any atom is -0.328 e. The van der Waals surface area contributed by atoms with Gasteiger partial charge in [-0.2, -0.15) is 13.2 Å². The van der Waals surface area contributed by atoms with Crippen molar-refractivity contribution in [3.63, 3.8) is 0 Å². The zero-order chi connectivity index (χ0) is 9.57. The molecule has 0 bridgehead atoms. The molecule has 0 saturated heterocycles. The maximum atomic E-state index is 11.8. The summed E-state index contributed by atoms with van der Waals surface area (Å²) in [5.41, 5.74) is 0.0499. The van der Waals surface area contributed by atoms with Crippen LogP contribution in [-0.4, -0.2) is 25.2 Å². The van der Waals surface area contributed by atoms with E-state index in [0.29, 0.717) is 0 Å². The SMILES string of the molecule is Cl.NC1CC(S(=O)(=O)C(F)(F)F)C1. The molecular formula is C5H9ClF3NO2S. The van der Waals surface area contributed by atoms with Crippen molar-refractivity contribution in [1.82, 2.24) is 0 Å². The Bertz CT molecular complexity index is 270. The summed E-state index contributed by atoms with van der Waals surface area (Å²) in [6, 6.07) is -0.396. The lowest BCUT2D eigenvalue weighted by Gasteiger charge is -2.32. The third kappa shape index (κ3) is 2.26. The molecule has 0 aliphatic heterocycles. The molecule has 0 atom stereocenters. The highest BCUT2D eigenvalue weighted by molar-refractivity contribution is 7.92. The highest BCUT2D eigenvalue weighted by Gasteiger charge is 2.53. The van der Waals surface area contributed by atoms with E-state index < -0.39 is 26.6 Å². The lowest BCUT2D eigenvalue weighted by Crippen LogP contribution is -2.48. The fourth-order valence-electron chi connectivity index (χ4n) is 1.05. The molecule has 0 radical (unpaired) electrons. The van der Waals surface area contributed by atoms with Crippen molar-refractivity contribution >= 4 is 22.2 Å². The molecule has 0 aromatic heterocycles. The van der Waals surface area contributed by atoms with Gasteiger partial charge in [-0.3, -0.25) is 0 Å². The standard InChI is InChI=1S/C5H8F3NO2S.ClH/c6-5(7,8)12(10,11)4-1-3(9)2-4;/h3-4H,1-2,9H2;1H. The van der Waals surface area contributed by atoms with Gasteiger partial charge in [-0.1, -0.05) is 0 Å². The van der Waals surface area contributed by atoms with Gasteiger partial charge in [0.15, 0.2) is 0 Å². The molecule has 0 unspecified atom stereocenters. The minimum atomic E-state index is -5.13. The molecule has 0 aromatic carbocycles. The lowest BCUT2D eigenvalue weighted by atomic mass is 9.94. The van der Waals surface area contributed by atoms with E-state index in [4.69, 9.17) is 5.73 Å². The van der Waals surface area contributed by atoms with Crippen LogP contribution in [0.4, 0.5) is 13.2 Å². The maximum Gasteiger partial charge on any atom is 0.497 e. The second kappa shape index (κ2) is 3.62. The Labute approximate surface area is 79.8 Å². The smallest absolute Gasteiger partial charge is 0.328 e. The highest BCUT2D eigenvalue weighted by atomic mass is 35.5. The first-order valence-electron chi connectivity index (χ1n) is 3.31. The number of alkyl halides is 3. The van der Waals surface area contributed by atoms with Crippen LogP contribution >= 0.6 is 12.4 Å². The number of nitrogens with two attached hydrogens (primary N) is 1. The Morgan fingerprint density at radius 1 is 1.23 bits per heavy atom. The largest absolute Gasteiger partial charge is 0.497 e. The number of sulfone groups is 1. The Morgan fingerprint density at radius 2 is 1.62 bits per heavy atom. The van der Waals surface area contributed by atoms with Gasteiger partial charge in [0.25, 0.3) is 9.84 Å². The van der Waals surface area contributed by atoms with E-state index in [1.807, 2.05) is 0 Å². The van der Waals surface area contributed by atoms with Crippen LogP contribution in [0.2, 0.25) is 0 Å². The predicted molar refractivity (Wildman–Crippen MR) is 43.2 cm³/mol. The van der Waals surface area contributed by atoms with Gasteiger partial charge in [0.2, 0.25) is 0 Å². The fourth-order valence-corrected chi connectivity index (χ4v) is 2.43. The van der Waals surface area contributed by atoms with Gasteiger partial charge in [0.1, 0.15) is 0 Å². The molecule has 8 heteroatoms. The Kier molecular flexibility index (Phi) is 3.62. The second-order valence-corrected chi connectivity index (χ2v) is 5.06. The van der Waals surface area contributed by atoms with E-state index in [2.05, 4.69) is 0 Å². The molecular weight excluding hydrogens is 231 g/mol. The van der Waals surface area contributed by atoms with Crippen LogP contribution in [0.1, 0.15) is 12.8 Å². The Hall–Kier alpha value is -0.0100. The van der Waals surface area contributed by atoms with Gasteiger partial charge in [-0.15, -0.1) is 12.4 Å². The summed E-state index contributed by atoms with van der Waals surface area (Å²) in [5, 5.41) is -1.31. The molecule has 2 N–H and O–H groups in total. The van der Waals surface area contributed by atoms with Crippen molar-refractivity contribution in [1.29, 1.82) is 0 Å². The average molecular weight is 240 g/mol. The van der Waals surface area contributed by atoms with Crippen LogP contribution < -0.4 is 5.73 Å². The average Bonchev–Trinajstić information content (AvgIpc) is 1.78. The van der Waals surface area contributed by atoms with Gasteiger partial charge in [-0.25, -0.2) is 8.42 Å². The molecule has 0 heterocycles. The van der Waals surface area contributed by atoms with Crippen LogP contribution in [0.5, 0.6) is 0 Å². The quantitative estimate of drug-likeness (QED) is 0.737. The zero-order valence-corrected chi connectivity index (χ0v) is 8.05. The van der Waals surface area contributed by atoms with Crippen molar-refractivity contribution in [2.24, 2.45) is 5.73 Å². The van der Waals surface area contributed by atoms with Crippen molar-refractivity contribution in [3.05, 3.63) is 0 Å². The summed E-state index contributed by atoms with van der Waals surface area (Å²) in [5.74, 6) is 0. The molecule has 3 nitrogen and oxygen atoms in total. The van der Waals surface area contributed by atoms with Gasteiger partial charge >= 0.3 is 5.51 Å². The molecule has 13 heavy (non-hydrogen) atoms. The van der Waals surface area contributed by atoms with Crippen LogP contribution in [0.15, 0.2) is 0 Å².